The minimum absolute atomic E-state index is 0.0654. The van der Waals surface area contributed by atoms with E-state index in [2.05, 4.69) is 10.3 Å². The summed E-state index contributed by atoms with van der Waals surface area (Å²) in [7, 11) is 0. The lowest BCUT2D eigenvalue weighted by atomic mass is 10.2. The third-order valence-corrected chi connectivity index (χ3v) is 2.64. The van der Waals surface area contributed by atoms with Gasteiger partial charge in [0.1, 0.15) is 5.82 Å². The molecular weight excluding hydrogens is 273 g/mol. The summed E-state index contributed by atoms with van der Waals surface area (Å²) < 4.78 is 13.6. The number of nitrogens with two attached hydrogens (primary N) is 1. The highest BCUT2D eigenvalue weighted by Crippen LogP contribution is 2.26. The Bertz CT molecular complexity index is 649. The summed E-state index contributed by atoms with van der Waals surface area (Å²) >= 11 is 5.63. The molecule has 0 aliphatic carbocycles. The number of rotatable bonds is 3. The second-order valence-corrected chi connectivity index (χ2v) is 4.11. The van der Waals surface area contributed by atoms with E-state index in [1.54, 1.807) is 0 Å². The molecule has 2 rings (SSSR count). The van der Waals surface area contributed by atoms with E-state index in [9.17, 15) is 9.18 Å². The average Bonchev–Trinajstić information content (AvgIpc) is 2.34. The van der Waals surface area contributed by atoms with Crippen molar-refractivity contribution in [2.75, 3.05) is 11.1 Å². The lowest BCUT2D eigenvalue weighted by molar-refractivity contribution is 0.0698. The fraction of sp³-hybridized carbons (Fsp3) is 0. The minimum atomic E-state index is -1.18. The van der Waals surface area contributed by atoms with Crippen LogP contribution in [-0.2, 0) is 0 Å². The topological polar surface area (TPSA) is 88.2 Å². The molecule has 0 unspecified atom stereocenters. The molecule has 1 aromatic heterocycles. The van der Waals surface area contributed by atoms with Crippen molar-refractivity contribution in [1.82, 2.24) is 4.98 Å². The molecule has 2 aromatic rings. The number of nitrogens with one attached hydrogen (secondary N) is 1. The summed E-state index contributed by atoms with van der Waals surface area (Å²) in [5, 5.41) is 11.8. The first-order chi connectivity index (χ1) is 8.99. The molecule has 0 saturated carbocycles. The van der Waals surface area contributed by atoms with Gasteiger partial charge in [-0.15, -0.1) is 0 Å². The number of hydrogen-bond acceptors (Lipinski definition) is 4. The van der Waals surface area contributed by atoms with E-state index < -0.39 is 11.8 Å². The van der Waals surface area contributed by atoms with Gasteiger partial charge in [0, 0.05) is 11.2 Å². The number of hydrogen-bond donors (Lipinski definition) is 3. The number of carboxylic acid groups (broad SMARTS) is 1. The number of aromatic carboxylic acids is 1. The third kappa shape index (κ3) is 2.74. The number of anilines is 3. The molecule has 0 aliphatic rings. The lowest BCUT2D eigenvalue weighted by Crippen LogP contribution is -2.07. The van der Waals surface area contributed by atoms with Gasteiger partial charge in [-0.2, -0.15) is 0 Å². The largest absolute Gasteiger partial charge is 0.478 e. The van der Waals surface area contributed by atoms with Crippen LogP contribution in [0.2, 0.25) is 5.02 Å². The molecule has 0 amide bonds. The first kappa shape index (κ1) is 13.1. The highest BCUT2D eigenvalue weighted by molar-refractivity contribution is 6.30. The Hall–Kier alpha value is -2.34. The van der Waals surface area contributed by atoms with Crippen LogP contribution in [0.25, 0.3) is 0 Å². The molecule has 1 heterocycles. The maximum Gasteiger partial charge on any atom is 0.337 e. The van der Waals surface area contributed by atoms with Crippen LogP contribution in [0.1, 0.15) is 10.4 Å². The zero-order chi connectivity index (χ0) is 14.0. The van der Waals surface area contributed by atoms with Crippen molar-refractivity contribution in [1.29, 1.82) is 0 Å². The number of carbonyl (C=O) groups is 1. The van der Waals surface area contributed by atoms with E-state index >= 15 is 0 Å². The Morgan fingerprint density at radius 1 is 1.42 bits per heavy atom. The van der Waals surface area contributed by atoms with Gasteiger partial charge in [0.2, 0.25) is 0 Å². The van der Waals surface area contributed by atoms with Gasteiger partial charge in [-0.1, -0.05) is 11.6 Å². The summed E-state index contributed by atoms with van der Waals surface area (Å²) in [5.41, 5.74) is 5.59. The molecule has 4 N–H and O–H groups in total. The van der Waals surface area contributed by atoms with Crippen LogP contribution in [-0.4, -0.2) is 16.1 Å². The van der Waals surface area contributed by atoms with Crippen LogP contribution in [0.3, 0.4) is 0 Å². The SMILES string of the molecule is Nc1c(C(=O)O)ccnc1Nc1ccc(Cl)cc1F. The van der Waals surface area contributed by atoms with Crippen LogP contribution < -0.4 is 11.1 Å². The zero-order valence-electron chi connectivity index (χ0n) is 9.52. The fourth-order valence-corrected chi connectivity index (χ4v) is 1.64. The molecule has 0 atom stereocenters. The Morgan fingerprint density at radius 3 is 2.79 bits per heavy atom. The quantitative estimate of drug-likeness (QED) is 0.805. The molecule has 5 nitrogen and oxygen atoms in total. The summed E-state index contributed by atoms with van der Waals surface area (Å²) in [5.74, 6) is -1.70. The predicted molar refractivity (Wildman–Crippen MR) is 70.3 cm³/mol. The molecule has 0 spiro atoms. The number of pyridine rings is 1. The summed E-state index contributed by atoms with van der Waals surface area (Å²) in [6.45, 7) is 0. The summed E-state index contributed by atoms with van der Waals surface area (Å²) in [6, 6.07) is 5.29. The van der Waals surface area contributed by atoms with E-state index in [1.165, 1.54) is 24.4 Å². The molecule has 19 heavy (non-hydrogen) atoms. The number of halogens is 2. The molecule has 0 aliphatic heterocycles. The zero-order valence-corrected chi connectivity index (χ0v) is 10.3. The van der Waals surface area contributed by atoms with Crippen LogP contribution >= 0.6 is 11.6 Å². The number of nitrogens with zero attached hydrogens (tertiary/aromatic N) is 1. The Labute approximate surface area is 112 Å². The van der Waals surface area contributed by atoms with Crippen molar-refractivity contribution >= 4 is 34.8 Å². The van der Waals surface area contributed by atoms with E-state index in [0.717, 1.165) is 6.07 Å². The average molecular weight is 282 g/mol. The van der Waals surface area contributed by atoms with Crippen LogP contribution in [0.15, 0.2) is 30.5 Å². The van der Waals surface area contributed by atoms with Crippen molar-refractivity contribution in [3.05, 3.63) is 46.9 Å². The number of aromatic nitrogens is 1. The first-order valence-electron chi connectivity index (χ1n) is 5.19. The molecule has 98 valence electrons. The van der Waals surface area contributed by atoms with E-state index in [1.807, 2.05) is 0 Å². The molecule has 0 bridgehead atoms. The van der Waals surface area contributed by atoms with Gasteiger partial charge in [0.15, 0.2) is 5.82 Å². The molecule has 7 heteroatoms. The van der Waals surface area contributed by atoms with Gasteiger partial charge in [-0.25, -0.2) is 14.2 Å². The van der Waals surface area contributed by atoms with Gasteiger partial charge in [0.25, 0.3) is 0 Å². The maximum absolute atomic E-state index is 13.6. The standard InChI is InChI=1S/C12H9ClFN3O2/c13-6-1-2-9(8(14)5-6)17-11-10(15)7(12(18)19)3-4-16-11/h1-5H,15H2,(H,16,17)(H,18,19). The van der Waals surface area contributed by atoms with Gasteiger partial charge >= 0.3 is 5.97 Å². The van der Waals surface area contributed by atoms with Gasteiger partial charge in [0.05, 0.1) is 16.9 Å². The highest BCUT2D eigenvalue weighted by Gasteiger charge is 2.13. The van der Waals surface area contributed by atoms with Crippen molar-refractivity contribution in [3.8, 4) is 0 Å². The molecule has 0 fully saturated rings. The summed E-state index contributed by atoms with van der Waals surface area (Å²) in [6.07, 6.45) is 1.27. The maximum atomic E-state index is 13.6. The number of benzene rings is 1. The van der Waals surface area contributed by atoms with E-state index in [4.69, 9.17) is 22.4 Å². The lowest BCUT2D eigenvalue weighted by Gasteiger charge is -2.10. The highest BCUT2D eigenvalue weighted by atomic mass is 35.5. The molecule has 1 aromatic carbocycles. The van der Waals surface area contributed by atoms with Crippen molar-refractivity contribution in [2.45, 2.75) is 0 Å². The molecular formula is C12H9ClFN3O2. The van der Waals surface area contributed by atoms with E-state index in [-0.39, 0.29) is 27.8 Å². The van der Waals surface area contributed by atoms with Crippen LogP contribution in [0, 0.1) is 5.82 Å². The monoisotopic (exact) mass is 281 g/mol. The van der Waals surface area contributed by atoms with Crippen molar-refractivity contribution in [3.63, 3.8) is 0 Å². The second kappa shape index (κ2) is 5.11. The van der Waals surface area contributed by atoms with E-state index in [0.29, 0.717) is 0 Å². The molecule has 0 radical (unpaired) electrons. The molecule has 0 saturated heterocycles. The Morgan fingerprint density at radius 2 is 2.16 bits per heavy atom. The van der Waals surface area contributed by atoms with Crippen LogP contribution in [0.4, 0.5) is 21.6 Å². The minimum Gasteiger partial charge on any atom is -0.478 e. The smallest absolute Gasteiger partial charge is 0.337 e. The third-order valence-electron chi connectivity index (χ3n) is 2.40. The second-order valence-electron chi connectivity index (χ2n) is 3.68. The number of carboxylic acids is 1. The van der Waals surface area contributed by atoms with Crippen molar-refractivity contribution < 1.29 is 14.3 Å². The van der Waals surface area contributed by atoms with Crippen molar-refractivity contribution in [2.24, 2.45) is 0 Å². The normalized spacial score (nSPS) is 10.2. The predicted octanol–water partition coefficient (Wildman–Crippen LogP) is 2.90. The van der Waals surface area contributed by atoms with Gasteiger partial charge in [-0.3, -0.25) is 0 Å². The fourth-order valence-electron chi connectivity index (χ4n) is 1.48. The van der Waals surface area contributed by atoms with Gasteiger partial charge in [-0.05, 0) is 24.3 Å². The summed E-state index contributed by atoms with van der Waals surface area (Å²) in [4.78, 5) is 14.8. The Kier molecular flexibility index (Phi) is 3.52. The number of nitrogen functional groups attached to an aromatic ring is 1. The first-order valence-corrected chi connectivity index (χ1v) is 5.56. The van der Waals surface area contributed by atoms with Crippen LogP contribution in [0.5, 0.6) is 0 Å². The Balaban J connectivity index is 2.38. The van der Waals surface area contributed by atoms with Gasteiger partial charge < -0.3 is 16.2 Å².